The normalized spacial score (nSPS) is 21.8. The number of pyridine rings is 2. The van der Waals surface area contributed by atoms with Gasteiger partial charge >= 0.3 is 0 Å². The van der Waals surface area contributed by atoms with E-state index >= 15 is 0 Å². The van der Waals surface area contributed by atoms with Crippen molar-refractivity contribution < 1.29 is 9.53 Å². The number of nitrogens with zero attached hydrogens (tertiary/aromatic N) is 6. The largest absolute Gasteiger partial charge is 0.379 e. The van der Waals surface area contributed by atoms with Gasteiger partial charge in [-0.1, -0.05) is 23.2 Å². The third kappa shape index (κ3) is 5.65. The molecule has 38 heavy (non-hydrogen) atoms. The average Bonchev–Trinajstić information content (AvgIpc) is 3.30. The van der Waals surface area contributed by atoms with Crippen LogP contribution in [0.4, 0.5) is 5.69 Å². The van der Waals surface area contributed by atoms with Gasteiger partial charge in [0.15, 0.2) is 5.82 Å². The Morgan fingerprint density at radius 2 is 1.89 bits per heavy atom. The Morgan fingerprint density at radius 3 is 2.53 bits per heavy atom. The van der Waals surface area contributed by atoms with Gasteiger partial charge in [0.2, 0.25) is 0 Å². The molecule has 1 aliphatic carbocycles. The number of aromatic nitrogens is 4. The van der Waals surface area contributed by atoms with Crippen LogP contribution in [0.5, 0.6) is 0 Å². The molecule has 2 fully saturated rings. The Labute approximate surface area is 237 Å². The molecule has 0 spiro atoms. The number of ether oxygens (including phenoxy) is 1. The number of amides is 1. The molecule has 2 aliphatic rings. The summed E-state index contributed by atoms with van der Waals surface area (Å²) < 4.78 is 6.97. The van der Waals surface area contributed by atoms with Crippen LogP contribution >= 0.6 is 35.6 Å². The van der Waals surface area contributed by atoms with Crippen LogP contribution in [0.2, 0.25) is 10.0 Å². The molecule has 200 valence electrons. The maximum atomic E-state index is 13.0. The maximum absolute atomic E-state index is 13.0. The van der Waals surface area contributed by atoms with Crippen molar-refractivity contribution in [3.05, 3.63) is 63.8 Å². The molecule has 0 atom stereocenters. The number of hydrogen-bond donors (Lipinski definition) is 1. The Hall–Kier alpha value is -2.74. The lowest BCUT2D eigenvalue weighted by molar-refractivity contribution is 0.00493. The zero-order valence-electron chi connectivity index (χ0n) is 20.9. The van der Waals surface area contributed by atoms with Crippen molar-refractivity contribution in [1.82, 2.24) is 24.6 Å². The summed E-state index contributed by atoms with van der Waals surface area (Å²) in [6.07, 6.45) is 8.01. The van der Waals surface area contributed by atoms with Gasteiger partial charge in [-0.15, -0.1) is 12.4 Å². The third-order valence-electron chi connectivity index (χ3n) is 7.34. The molecule has 0 aromatic carbocycles. The summed E-state index contributed by atoms with van der Waals surface area (Å²) in [5.41, 5.74) is 1.65. The van der Waals surface area contributed by atoms with Gasteiger partial charge in [0.1, 0.15) is 0 Å². The second kappa shape index (κ2) is 12.0. The molecule has 1 N–H and O–H groups in total. The Morgan fingerprint density at radius 1 is 1.16 bits per heavy atom. The van der Waals surface area contributed by atoms with E-state index in [4.69, 9.17) is 27.9 Å². The van der Waals surface area contributed by atoms with E-state index in [0.29, 0.717) is 38.8 Å². The molecule has 0 bridgehead atoms. The van der Waals surface area contributed by atoms with E-state index in [-0.39, 0.29) is 18.3 Å². The van der Waals surface area contributed by atoms with Crippen molar-refractivity contribution in [2.45, 2.75) is 44.1 Å². The average molecular weight is 577 g/mol. The molecule has 0 unspecified atom stereocenters. The first-order valence-corrected chi connectivity index (χ1v) is 13.0. The fourth-order valence-corrected chi connectivity index (χ4v) is 5.65. The zero-order chi connectivity index (χ0) is 26.0. The first kappa shape index (κ1) is 28.3. The third-order valence-corrected chi connectivity index (χ3v) is 7.82. The van der Waals surface area contributed by atoms with Gasteiger partial charge in [0.05, 0.1) is 69.8 Å². The molecule has 3 aromatic heterocycles. The van der Waals surface area contributed by atoms with Crippen LogP contribution in [-0.4, -0.2) is 62.9 Å². The summed E-state index contributed by atoms with van der Waals surface area (Å²) in [5, 5.41) is 18.0. The molecule has 1 aliphatic heterocycles. The van der Waals surface area contributed by atoms with Gasteiger partial charge in [-0.3, -0.25) is 14.7 Å². The minimum atomic E-state index is -0.603. The molecule has 4 heterocycles. The van der Waals surface area contributed by atoms with Crippen LogP contribution in [0.3, 0.4) is 0 Å². The van der Waals surface area contributed by atoms with Gasteiger partial charge < -0.3 is 10.1 Å². The molecule has 0 radical (unpaired) electrons. The van der Waals surface area contributed by atoms with E-state index < -0.39 is 5.41 Å². The van der Waals surface area contributed by atoms with Crippen LogP contribution in [0.25, 0.3) is 5.82 Å². The van der Waals surface area contributed by atoms with Crippen LogP contribution in [-0.2, 0) is 10.2 Å². The molecule has 1 amide bonds. The van der Waals surface area contributed by atoms with Crippen molar-refractivity contribution in [2.24, 2.45) is 0 Å². The summed E-state index contributed by atoms with van der Waals surface area (Å²) in [5.74, 6) is 0.0585. The van der Waals surface area contributed by atoms with E-state index in [1.54, 1.807) is 25.3 Å². The zero-order valence-corrected chi connectivity index (χ0v) is 23.2. The molecule has 1 saturated heterocycles. The Bertz CT molecular complexity index is 1330. The summed E-state index contributed by atoms with van der Waals surface area (Å²) in [6, 6.07) is 8.26. The number of hydrogen-bond acceptors (Lipinski definition) is 7. The topological polar surface area (TPSA) is 109 Å². The van der Waals surface area contributed by atoms with Crippen LogP contribution in [0.15, 0.2) is 36.8 Å². The SMILES string of the molecule is Cc1c(C(=O)Nc2ccc(C3(C#N)CCC(N4CCOCC4)CC3)nc2)cnn1-c1ncc(Cl)cc1Cl.Cl. The summed E-state index contributed by atoms with van der Waals surface area (Å²) >= 11 is 12.2. The molecule has 3 aromatic rings. The first-order valence-electron chi connectivity index (χ1n) is 12.3. The number of morpholine rings is 1. The van der Waals surface area contributed by atoms with E-state index in [1.807, 2.05) is 6.07 Å². The monoisotopic (exact) mass is 575 g/mol. The smallest absolute Gasteiger partial charge is 0.259 e. The van der Waals surface area contributed by atoms with Crippen LogP contribution in [0.1, 0.15) is 47.4 Å². The maximum Gasteiger partial charge on any atom is 0.259 e. The van der Waals surface area contributed by atoms with Gasteiger partial charge in [0.25, 0.3) is 5.91 Å². The van der Waals surface area contributed by atoms with Gasteiger partial charge in [-0.2, -0.15) is 10.4 Å². The quantitative estimate of drug-likeness (QED) is 0.456. The highest BCUT2D eigenvalue weighted by atomic mass is 35.5. The minimum Gasteiger partial charge on any atom is -0.379 e. The van der Waals surface area contributed by atoms with Gasteiger partial charge in [-0.05, 0) is 50.8 Å². The Kier molecular flexibility index (Phi) is 8.91. The summed E-state index contributed by atoms with van der Waals surface area (Å²) in [7, 11) is 0. The summed E-state index contributed by atoms with van der Waals surface area (Å²) in [6.45, 7) is 5.23. The van der Waals surface area contributed by atoms with Gasteiger partial charge in [0, 0.05) is 25.3 Å². The highest BCUT2D eigenvalue weighted by Crippen LogP contribution is 2.40. The van der Waals surface area contributed by atoms with Crippen molar-refractivity contribution in [3.63, 3.8) is 0 Å². The number of rotatable bonds is 5. The lowest BCUT2D eigenvalue weighted by Gasteiger charge is -2.41. The molecule has 5 rings (SSSR count). The predicted octanol–water partition coefficient (Wildman–Crippen LogP) is 4.99. The molecule has 12 heteroatoms. The second-order valence-corrected chi connectivity index (χ2v) is 10.3. The predicted molar refractivity (Wildman–Crippen MR) is 147 cm³/mol. The van der Waals surface area contributed by atoms with Crippen LogP contribution < -0.4 is 5.32 Å². The molecule has 9 nitrogen and oxygen atoms in total. The van der Waals surface area contributed by atoms with Crippen molar-refractivity contribution >= 4 is 47.2 Å². The lowest BCUT2D eigenvalue weighted by Crippen LogP contribution is -2.47. The number of halogens is 3. The van der Waals surface area contributed by atoms with Crippen molar-refractivity contribution in [3.8, 4) is 11.9 Å². The number of anilines is 1. The number of carbonyl (C=O) groups excluding carboxylic acids is 1. The highest BCUT2D eigenvalue weighted by Gasteiger charge is 2.40. The highest BCUT2D eigenvalue weighted by molar-refractivity contribution is 6.35. The fraction of sp³-hybridized carbons (Fsp3) is 0.423. The van der Waals surface area contributed by atoms with E-state index in [2.05, 4.69) is 31.4 Å². The fourth-order valence-electron chi connectivity index (χ4n) is 5.19. The van der Waals surface area contributed by atoms with Crippen molar-refractivity contribution in [1.29, 1.82) is 5.26 Å². The Balaban J connectivity index is 0.00000336. The molecular weight excluding hydrogens is 549 g/mol. The van der Waals surface area contributed by atoms with Crippen molar-refractivity contribution in [2.75, 3.05) is 31.6 Å². The van der Waals surface area contributed by atoms with E-state index in [9.17, 15) is 10.1 Å². The second-order valence-electron chi connectivity index (χ2n) is 9.47. The number of nitriles is 1. The first-order chi connectivity index (χ1) is 17.9. The molecule has 1 saturated carbocycles. The number of carbonyl (C=O) groups is 1. The minimum absolute atomic E-state index is 0. The summed E-state index contributed by atoms with van der Waals surface area (Å²) in [4.78, 5) is 24.3. The molecular formula is C26H28Cl3N7O2. The van der Waals surface area contributed by atoms with E-state index in [1.165, 1.54) is 17.1 Å². The van der Waals surface area contributed by atoms with Crippen LogP contribution in [0, 0.1) is 18.3 Å². The van der Waals surface area contributed by atoms with E-state index in [0.717, 1.165) is 57.7 Å². The lowest BCUT2D eigenvalue weighted by atomic mass is 9.71. The number of nitrogens with one attached hydrogen (secondary N) is 1. The standard InChI is InChI=1S/C26H27Cl2N7O2.ClH/c1-17-21(15-32-35(17)24-22(28)12-18(27)13-31-24)25(36)33-19-2-3-23(30-14-19)26(16-29)6-4-20(5-7-26)34-8-10-37-11-9-34;/h2-3,12-15,20H,4-11H2,1H3,(H,33,36);1H. The van der Waals surface area contributed by atoms with Gasteiger partial charge in [-0.25, -0.2) is 9.67 Å².